The van der Waals surface area contributed by atoms with Crippen LogP contribution in [0.15, 0.2) is 36.5 Å². The first kappa shape index (κ1) is 20.8. The molecule has 7 heteroatoms. The van der Waals surface area contributed by atoms with Crippen molar-refractivity contribution < 1.29 is 5.11 Å². The van der Waals surface area contributed by atoms with Gasteiger partial charge in [-0.2, -0.15) is 0 Å². The van der Waals surface area contributed by atoms with E-state index in [2.05, 4.69) is 60.1 Å². The number of aromatic nitrogens is 3. The van der Waals surface area contributed by atoms with Gasteiger partial charge in [0.25, 0.3) is 0 Å². The van der Waals surface area contributed by atoms with Gasteiger partial charge in [0.15, 0.2) is 11.6 Å². The van der Waals surface area contributed by atoms with Crippen molar-refractivity contribution in [2.75, 3.05) is 11.9 Å². The van der Waals surface area contributed by atoms with E-state index >= 15 is 0 Å². The first-order valence-corrected chi connectivity index (χ1v) is 10.6. The minimum Gasteiger partial charge on any atom is -0.505 e. The van der Waals surface area contributed by atoms with Gasteiger partial charge in [0, 0.05) is 41.3 Å². The van der Waals surface area contributed by atoms with Crippen LogP contribution in [0.1, 0.15) is 40.5 Å². The molecule has 4 rings (SSSR count). The summed E-state index contributed by atoms with van der Waals surface area (Å²) in [5.74, 6) is 0.906. The molecular weight excluding hydrogens is 398 g/mol. The van der Waals surface area contributed by atoms with Gasteiger partial charge in [-0.05, 0) is 64.8 Å². The first-order valence-electron chi connectivity index (χ1n) is 10.2. The maximum absolute atomic E-state index is 10.7. The van der Waals surface area contributed by atoms with Gasteiger partial charge in [0.05, 0.1) is 10.7 Å². The van der Waals surface area contributed by atoms with Crippen LogP contribution in [0.3, 0.4) is 0 Å². The highest BCUT2D eigenvalue weighted by Crippen LogP contribution is 2.36. The molecule has 0 spiro atoms. The number of aromatic hydroxyl groups is 1. The molecule has 2 aromatic heterocycles. The average molecular weight is 426 g/mol. The van der Waals surface area contributed by atoms with Gasteiger partial charge < -0.3 is 15.3 Å². The molecule has 0 aliphatic carbocycles. The second-order valence-corrected chi connectivity index (χ2v) is 9.97. The van der Waals surface area contributed by atoms with Crippen LogP contribution in [0, 0.1) is 0 Å². The normalized spacial score (nSPS) is 18.5. The van der Waals surface area contributed by atoms with Crippen molar-refractivity contribution in [1.82, 2.24) is 20.5 Å². The molecule has 0 unspecified atom stereocenters. The van der Waals surface area contributed by atoms with Crippen molar-refractivity contribution in [2.45, 2.75) is 57.7 Å². The lowest BCUT2D eigenvalue weighted by Gasteiger charge is -2.49. The topological polar surface area (TPSA) is 74.2 Å². The lowest BCUT2D eigenvalue weighted by molar-refractivity contribution is 0.160. The maximum Gasteiger partial charge on any atom is 0.151 e. The number of piperidine rings is 1. The van der Waals surface area contributed by atoms with E-state index in [9.17, 15) is 5.11 Å². The molecule has 2 N–H and O–H groups in total. The van der Waals surface area contributed by atoms with E-state index in [1.165, 1.54) is 6.20 Å². The predicted octanol–water partition coefficient (Wildman–Crippen LogP) is 4.80. The maximum atomic E-state index is 10.7. The van der Waals surface area contributed by atoms with Crippen molar-refractivity contribution in [2.24, 2.45) is 0 Å². The standard InChI is InChI=1S/C23H28ClN5O/c1-22(2)11-16(12-23(3,4)28-22)29(5)19-9-8-18(26-27-19)17-7-6-14-10-15(24)13-25-20(14)21(17)30/h6-10,13,16,28,30H,11-12H2,1-5H3. The quantitative estimate of drug-likeness (QED) is 0.628. The molecule has 1 aromatic carbocycles. The Morgan fingerprint density at radius 2 is 1.77 bits per heavy atom. The molecule has 3 aromatic rings. The fourth-order valence-corrected chi connectivity index (χ4v) is 4.92. The van der Waals surface area contributed by atoms with E-state index in [1.807, 2.05) is 24.3 Å². The Bertz CT molecular complexity index is 1060. The highest BCUT2D eigenvalue weighted by molar-refractivity contribution is 6.31. The molecule has 30 heavy (non-hydrogen) atoms. The second-order valence-electron chi connectivity index (χ2n) is 9.53. The van der Waals surface area contributed by atoms with Gasteiger partial charge in [0.1, 0.15) is 5.52 Å². The summed E-state index contributed by atoms with van der Waals surface area (Å²) in [7, 11) is 2.08. The molecule has 158 valence electrons. The number of rotatable bonds is 3. The molecule has 1 saturated heterocycles. The fraction of sp³-hybridized carbons (Fsp3) is 0.435. The first-order chi connectivity index (χ1) is 14.0. The summed E-state index contributed by atoms with van der Waals surface area (Å²) in [5, 5.41) is 24.6. The largest absolute Gasteiger partial charge is 0.505 e. The number of halogens is 1. The number of anilines is 1. The van der Waals surface area contributed by atoms with E-state index in [1.54, 1.807) is 6.07 Å². The monoisotopic (exact) mass is 425 g/mol. The molecule has 1 fully saturated rings. The van der Waals surface area contributed by atoms with E-state index in [0.29, 0.717) is 27.8 Å². The summed E-state index contributed by atoms with van der Waals surface area (Å²) >= 11 is 6.00. The van der Waals surface area contributed by atoms with Crippen LogP contribution < -0.4 is 10.2 Å². The Morgan fingerprint density at radius 3 is 2.40 bits per heavy atom. The summed E-state index contributed by atoms with van der Waals surface area (Å²) in [4.78, 5) is 6.47. The Kier molecular flexibility index (Phi) is 5.11. The summed E-state index contributed by atoms with van der Waals surface area (Å²) in [6.45, 7) is 8.97. The van der Waals surface area contributed by atoms with E-state index < -0.39 is 0 Å². The molecule has 1 aliphatic rings. The van der Waals surface area contributed by atoms with Gasteiger partial charge in [0.2, 0.25) is 0 Å². The molecule has 6 nitrogen and oxygen atoms in total. The number of phenols is 1. The number of hydrogen-bond donors (Lipinski definition) is 2. The zero-order chi connectivity index (χ0) is 21.7. The van der Waals surface area contributed by atoms with Gasteiger partial charge in [-0.1, -0.05) is 17.7 Å². The van der Waals surface area contributed by atoms with Gasteiger partial charge >= 0.3 is 0 Å². The number of phenolic OH excluding ortho intramolecular Hbond substituents is 1. The summed E-state index contributed by atoms with van der Waals surface area (Å²) in [6, 6.07) is 9.69. The third kappa shape index (κ3) is 4.07. The van der Waals surface area contributed by atoms with Crippen molar-refractivity contribution in [3.8, 4) is 17.0 Å². The van der Waals surface area contributed by atoms with Crippen LogP contribution in [0.5, 0.6) is 5.75 Å². The summed E-state index contributed by atoms with van der Waals surface area (Å²) in [5.41, 5.74) is 1.82. The van der Waals surface area contributed by atoms with E-state index in [0.717, 1.165) is 24.0 Å². The number of fused-ring (bicyclic) bond motifs is 1. The number of nitrogens with zero attached hydrogens (tertiary/aromatic N) is 4. The SMILES string of the molecule is CN(c1ccc(-c2ccc3cc(Cl)cnc3c2O)nn1)C1CC(C)(C)NC(C)(C)C1. The number of nitrogens with one attached hydrogen (secondary N) is 1. The van der Waals surface area contributed by atoms with Crippen LogP contribution in [0.2, 0.25) is 5.02 Å². The van der Waals surface area contributed by atoms with Crippen molar-refractivity contribution in [1.29, 1.82) is 0 Å². The van der Waals surface area contributed by atoms with E-state index in [-0.39, 0.29) is 16.8 Å². The van der Waals surface area contributed by atoms with Crippen molar-refractivity contribution >= 4 is 28.3 Å². The van der Waals surface area contributed by atoms with Crippen molar-refractivity contribution in [3.05, 3.63) is 41.6 Å². The molecule has 0 amide bonds. The number of benzene rings is 1. The zero-order valence-electron chi connectivity index (χ0n) is 18.1. The lowest BCUT2D eigenvalue weighted by Crippen LogP contribution is -2.62. The van der Waals surface area contributed by atoms with Gasteiger partial charge in [-0.3, -0.25) is 4.98 Å². The highest BCUT2D eigenvalue weighted by Gasteiger charge is 2.39. The third-order valence-electron chi connectivity index (χ3n) is 5.80. The van der Waals surface area contributed by atoms with Crippen molar-refractivity contribution in [3.63, 3.8) is 0 Å². The number of hydrogen-bond acceptors (Lipinski definition) is 6. The summed E-state index contributed by atoms with van der Waals surface area (Å²) < 4.78 is 0. The predicted molar refractivity (Wildman–Crippen MR) is 122 cm³/mol. The lowest BCUT2D eigenvalue weighted by atomic mass is 9.79. The van der Waals surface area contributed by atoms with Crippen LogP contribution in [-0.4, -0.2) is 44.5 Å². The molecule has 0 saturated carbocycles. The molecule has 0 bridgehead atoms. The van der Waals surface area contributed by atoms with Gasteiger partial charge in [-0.15, -0.1) is 10.2 Å². The smallest absolute Gasteiger partial charge is 0.151 e. The fourth-order valence-electron chi connectivity index (χ4n) is 4.75. The van der Waals surface area contributed by atoms with Crippen LogP contribution in [0.4, 0.5) is 5.82 Å². The Hall–Kier alpha value is -2.44. The van der Waals surface area contributed by atoms with Crippen LogP contribution in [-0.2, 0) is 0 Å². The minimum absolute atomic E-state index is 0.0564. The minimum atomic E-state index is 0.0564. The molecular formula is C23H28ClN5O. The van der Waals surface area contributed by atoms with E-state index in [4.69, 9.17) is 11.6 Å². The molecule has 0 radical (unpaired) electrons. The Morgan fingerprint density at radius 1 is 1.07 bits per heavy atom. The zero-order valence-corrected chi connectivity index (χ0v) is 18.8. The summed E-state index contributed by atoms with van der Waals surface area (Å²) in [6.07, 6.45) is 3.57. The molecule has 1 aliphatic heterocycles. The highest BCUT2D eigenvalue weighted by atomic mass is 35.5. The van der Waals surface area contributed by atoms with Crippen LogP contribution in [0.25, 0.3) is 22.2 Å². The average Bonchev–Trinajstić information content (AvgIpc) is 2.65. The van der Waals surface area contributed by atoms with Crippen LogP contribution >= 0.6 is 11.6 Å². The Balaban J connectivity index is 1.61. The Labute approximate surface area is 182 Å². The second kappa shape index (κ2) is 7.36. The number of pyridine rings is 1. The molecule has 3 heterocycles. The van der Waals surface area contributed by atoms with Gasteiger partial charge in [-0.25, -0.2) is 0 Å². The molecule has 0 atom stereocenters. The third-order valence-corrected chi connectivity index (χ3v) is 6.00.